The number of benzene rings is 1. The van der Waals surface area contributed by atoms with Crippen LogP contribution in [0.15, 0.2) is 24.3 Å². The molecule has 0 radical (unpaired) electrons. The van der Waals surface area contributed by atoms with Crippen LogP contribution in [0.25, 0.3) is 0 Å². The third kappa shape index (κ3) is 5.57. The van der Waals surface area contributed by atoms with Crippen LogP contribution in [0, 0.1) is 23.2 Å². The maximum absolute atomic E-state index is 8.68. The minimum Gasteiger partial charge on any atom is -0.395 e. The van der Waals surface area contributed by atoms with Crippen molar-refractivity contribution in [3.8, 4) is 17.9 Å². The lowest BCUT2D eigenvalue weighted by atomic mass is 10.1. The van der Waals surface area contributed by atoms with E-state index in [1.54, 1.807) is 0 Å². The quantitative estimate of drug-likeness (QED) is 0.821. The summed E-state index contributed by atoms with van der Waals surface area (Å²) in [5.74, 6) is 5.90. The van der Waals surface area contributed by atoms with Crippen LogP contribution in [0.1, 0.15) is 30.9 Å². The average Bonchev–Trinajstić information content (AvgIpc) is 2.41. The Balaban J connectivity index is 2.58. The molecule has 1 aromatic carbocycles. The van der Waals surface area contributed by atoms with Gasteiger partial charge < -0.3 is 5.11 Å². The summed E-state index contributed by atoms with van der Waals surface area (Å²) >= 11 is 0. The fourth-order valence-electron chi connectivity index (χ4n) is 1.65. The summed E-state index contributed by atoms with van der Waals surface area (Å²) in [7, 11) is 2.02. The number of aliphatic hydroxyl groups excluding tert-OH is 1. The zero-order valence-electron chi connectivity index (χ0n) is 11.6. The monoisotopic (exact) mass is 256 g/mol. The maximum atomic E-state index is 8.68. The molecule has 0 aliphatic heterocycles. The molecule has 0 bridgehead atoms. The molecular formula is C16H20N2O. The number of hydrogen-bond acceptors (Lipinski definition) is 3. The number of aliphatic hydroxyl groups is 1. The molecule has 1 atom stereocenters. The van der Waals surface area contributed by atoms with Crippen LogP contribution < -0.4 is 0 Å². The highest BCUT2D eigenvalue weighted by molar-refractivity contribution is 5.36. The Morgan fingerprint density at radius 2 is 2.00 bits per heavy atom. The highest BCUT2D eigenvalue weighted by Gasteiger charge is 2.08. The van der Waals surface area contributed by atoms with Gasteiger partial charge in [-0.15, -0.1) is 0 Å². The predicted molar refractivity (Wildman–Crippen MR) is 76.2 cm³/mol. The summed E-state index contributed by atoms with van der Waals surface area (Å²) in [6, 6.07) is 10.5. The molecule has 0 aliphatic carbocycles. The van der Waals surface area contributed by atoms with Gasteiger partial charge in [0.25, 0.3) is 0 Å². The van der Waals surface area contributed by atoms with E-state index in [2.05, 4.69) is 41.9 Å². The minimum atomic E-state index is 0.104. The van der Waals surface area contributed by atoms with Crippen molar-refractivity contribution < 1.29 is 5.11 Å². The molecule has 3 nitrogen and oxygen atoms in total. The van der Waals surface area contributed by atoms with Crippen LogP contribution in [0.4, 0.5) is 0 Å². The van der Waals surface area contributed by atoms with E-state index in [0.717, 1.165) is 12.1 Å². The second-order valence-corrected chi connectivity index (χ2v) is 4.60. The molecule has 1 rings (SSSR count). The third-order valence-corrected chi connectivity index (χ3v) is 2.99. The van der Waals surface area contributed by atoms with Crippen LogP contribution in [-0.2, 0) is 6.54 Å². The summed E-state index contributed by atoms with van der Waals surface area (Å²) in [4.78, 5) is 2.16. The molecule has 0 spiro atoms. The Kier molecular flexibility index (Phi) is 6.68. The average molecular weight is 256 g/mol. The molecule has 1 aromatic rings. The van der Waals surface area contributed by atoms with E-state index in [0.29, 0.717) is 12.8 Å². The Bertz CT molecular complexity index is 476. The molecule has 0 heterocycles. The molecule has 1 unspecified atom stereocenters. The maximum Gasteiger partial charge on any atom is 0.0638 e. The lowest BCUT2D eigenvalue weighted by molar-refractivity contribution is 0.252. The summed E-state index contributed by atoms with van der Waals surface area (Å²) < 4.78 is 0. The van der Waals surface area contributed by atoms with Gasteiger partial charge in [0.05, 0.1) is 19.1 Å². The Hall–Kier alpha value is -1.81. The van der Waals surface area contributed by atoms with E-state index in [4.69, 9.17) is 10.4 Å². The van der Waals surface area contributed by atoms with Crippen molar-refractivity contribution in [3.05, 3.63) is 35.4 Å². The first kappa shape index (κ1) is 15.2. The SMILES string of the molecule is CC(CC#N)N(C)Cc1ccc(C#CCCO)cc1. The third-order valence-electron chi connectivity index (χ3n) is 2.99. The van der Waals surface area contributed by atoms with E-state index < -0.39 is 0 Å². The van der Waals surface area contributed by atoms with E-state index in [1.165, 1.54) is 5.56 Å². The summed E-state index contributed by atoms with van der Waals surface area (Å²) in [6.07, 6.45) is 1.05. The van der Waals surface area contributed by atoms with Crippen molar-refractivity contribution in [2.45, 2.75) is 32.4 Å². The highest BCUT2D eigenvalue weighted by atomic mass is 16.2. The Labute approximate surface area is 115 Å². The fraction of sp³-hybridized carbons (Fsp3) is 0.438. The smallest absolute Gasteiger partial charge is 0.0638 e. The lowest BCUT2D eigenvalue weighted by Gasteiger charge is -2.22. The zero-order valence-corrected chi connectivity index (χ0v) is 11.6. The van der Waals surface area contributed by atoms with Gasteiger partial charge in [0.2, 0.25) is 0 Å². The van der Waals surface area contributed by atoms with Crippen LogP contribution in [0.2, 0.25) is 0 Å². The molecule has 0 saturated heterocycles. The second kappa shape index (κ2) is 8.32. The molecule has 0 saturated carbocycles. The normalized spacial score (nSPS) is 11.5. The van der Waals surface area contributed by atoms with Crippen molar-refractivity contribution in [2.75, 3.05) is 13.7 Å². The topological polar surface area (TPSA) is 47.3 Å². The van der Waals surface area contributed by atoms with E-state index >= 15 is 0 Å². The molecule has 0 aliphatic rings. The molecule has 0 aromatic heterocycles. The Morgan fingerprint density at radius 3 is 2.58 bits per heavy atom. The Morgan fingerprint density at radius 1 is 1.32 bits per heavy atom. The van der Waals surface area contributed by atoms with Gasteiger partial charge in [-0.25, -0.2) is 0 Å². The summed E-state index contributed by atoms with van der Waals surface area (Å²) in [5.41, 5.74) is 2.17. The number of rotatable bonds is 5. The van der Waals surface area contributed by atoms with Crippen molar-refractivity contribution in [1.82, 2.24) is 4.90 Å². The molecule has 19 heavy (non-hydrogen) atoms. The van der Waals surface area contributed by atoms with Gasteiger partial charge in [0.15, 0.2) is 0 Å². The van der Waals surface area contributed by atoms with Gasteiger partial charge in [-0.3, -0.25) is 4.90 Å². The van der Waals surface area contributed by atoms with Gasteiger partial charge in [0.1, 0.15) is 0 Å². The van der Waals surface area contributed by atoms with Crippen molar-refractivity contribution in [2.24, 2.45) is 0 Å². The number of nitrogens with zero attached hydrogens (tertiary/aromatic N) is 2. The van der Waals surface area contributed by atoms with E-state index in [9.17, 15) is 0 Å². The van der Waals surface area contributed by atoms with Crippen molar-refractivity contribution >= 4 is 0 Å². The molecule has 1 N–H and O–H groups in total. The van der Waals surface area contributed by atoms with Crippen molar-refractivity contribution in [1.29, 1.82) is 5.26 Å². The molecule has 0 amide bonds. The van der Waals surface area contributed by atoms with E-state index in [-0.39, 0.29) is 12.6 Å². The van der Waals surface area contributed by atoms with Gasteiger partial charge >= 0.3 is 0 Å². The molecule has 100 valence electrons. The first-order valence-electron chi connectivity index (χ1n) is 6.43. The number of hydrogen-bond donors (Lipinski definition) is 1. The minimum absolute atomic E-state index is 0.104. The standard InChI is InChI=1S/C16H20N2O/c1-14(10-11-17)18(2)13-16-8-6-15(7-9-16)5-3-4-12-19/h6-9,14,19H,4,10,12-13H2,1-2H3. The van der Waals surface area contributed by atoms with Gasteiger partial charge in [-0.1, -0.05) is 24.0 Å². The largest absolute Gasteiger partial charge is 0.395 e. The van der Waals surface area contributed by atoms with Crippen LogP contribution in [-0.4, -0.2) is 29.7 Å². The first-order chi connectivity index (χ1) is 9.17. The predicted octanol–water partition coefficient (Wildman–Crippen LogP) is 2.15. The van der Waals surface area contributed by atoms with Gasteiger partial charge in [0, 0.05) is 24.6 Å². The van der Waals surface area contributed by atoms with E-state index in [1.807, 2.05) is 19.2 Å². The van der Waals surface area contributed by atoms with Crippen LogP contribution in [0.3, 0.4) is 0 Å². The highest BCUT2D eigenvalue weighted by Crippen LogP contribution is 2.09. The van der Waals surface area contributed by atoms with Crippen molar-refractivity contribution in [3.63, 3.8) is 0 Å². The van der Waals surface area contributed by atoms with Crippen LogP contribution >= 0.6 is 0 Å². The zero-order chi connectivity index (χ0) is 14.1. The van der Waals surface area contributed by atoms with Crippen LogP contribution in [0.5, 0.6) is 0 Å². The summed E-state index contributed by atoms with van der Waals surface area (Å²) in [5, 5.41) is 17.3. The first-order valence-corrected chi connectivity index (χ1v) is 6.43. The molecule has 0 fully saturated rings. The molecule has 3 heteroatoms. The van der Waals surface area contributed by atoms with Gasteiger partial charge in [-0.2, -0.15) is 5.26 Å². The lowest BCUT2D eigenvalue weighted by Crippen LogP contribution is -2.28. The van der Waals surface area contributed by atoms with Gasteiger partial charge in [-0.05, 0) is 31.7 Å². The number of nitriles is 1. The summed E-state index contributed by atoms with van der Waals surface area (Å²) in [6.45, 7) is 2.98. The second-order valence-electron chi connectivity index (χ2n) is 4.60. The molecular weight excluding hydrogens is 236 g/mol. The fourth-order valence-corrected chi connectivity index (χ4v) is 1.65.